The third-order valence-corrected chi connectivity index (χ3v) is 4.48. The number of rotatable bonds is 16. The van der Waals surface area contributed by atoms with Crippen LogP contribution >= 0.6 is 0 Å². The zero-order valence-corrected chi connectivity index (χ0v) is 19.3. The van der Waals surface area contributed by atoms with Crippen LogP contribution in [0.2, 0.25) is 0 Å². The zero-order valence-electron chi connectivity index (χ0n) is 19.3. The molecule has 0 fully saturated rings. The Hall–Kier alpha value is -3.46. The molecule has 194 valence electrons. The van der Waals surface area contributed by atoms with Gasteiger partial charge in [-0.3, -0.25) is 24.2 Å². The minimum atomic E-state index is -1.65. The van der Waals surface area contributed by atoms with Crippen molar-refractivity contribution < 1.29 is 34.2 Å². The number of nitrogens with one attached hydrogen (secondary N) is 3. The Morgan fingerprint density at radius 3 is 1.88 bits per heavy atom. The maximum absolute atomic E-state index is 12.8. The summed E-state index contributed by atoms with van der Waals surface area (Å²) >= 11 is 0. The van der Waals surface area contributed by atoms with Crippen LogP contribution in [0.25, 0.3) is 0 Å². The molecule has 15 nitrogen and oxygen atoms in total. The monoisotopic (exact) mass is 488 g/mol. The standard InChI is InChI=1S/C19H36N8O7/c1-9(2)6-11(25-15(30)10(20)4-3-5-24-19(22)23)16(31)26-12(7-14(21)29)17(32)27-13(8-28)18(33)34/h9-13,28H,3-8,20H2,1-2H3,(H2,21,29)(H,25,30)(H,26,31)(H,27,32)(H,33,34)(H4,22,23,24). The van der Waals surface area contributed by atoms with Crippen LogP contribution in [0.15, 0.2) is 4.99 Å². The summed E-state index contributed by atoms with van der Waals surface area (Å²) in [5.74, 6) is -5.06. The lowest BCUT2D eigenvalue weighted by atomic mass is 10.0. The van der Waals surface area contributed by atoms with Crippen molar-refractivity contribution >= 4 is 35.6 Å². The van der Waals surface area contributed by atoms with Gasteiger partial charge >= 0.3 is 5.97 Å². The first-order valence-electron chi connectivity index (χ1n) is 10.6. The van der Waals surface area contributed by atoms with Crippen molar-refractivity contribution in [2.75, 3.05) is 13.2 Å². The topological polar surface area (TPSA) is 278 Å². The fourth-order valence-corrected chi connectivity index (χ4v) is 2.77. The summed E-state index contributed by atoms with van der Waals surface area (Å²) in [6.07, 6.45) is 0.201. The van der Waals surface area contributed by atoms with E-state index in [2.05, 4.69) is 15.6 Å². The predicted molar refractivity (Wildman–Crippen MR) is 122 cm³/mol. The van der Waals surface area contributed by atoms with Gasteiger partial charge in [0.25, 0.3) is 0 Å². The number of aliphatic hydroxyl groups excluding tert-OH is 1. The van der Waals surface area contributed by atoms with Crippen LogP contribution in [-0.4, -0.2) is 83.1 Å². The Morgan fingerprint density at radius 2 is 1.41 bits per heavy atom. The van der Waals surface area contributed by atoms with Crippen LogP contribution in [0.4, 0.5) is 0 Å². The van der Waals surface area contributed by atoms with Gasteiger partial charge in [0.1, 0.15) is 18.1 Å². The van der Waals surface area contributed by atoms with E-state index >= 15 is 0 Å². The number of carboxylic acids is 1. The third-order valence-electron chi connectivity index (χ3n) is 4.48. The smallest absolute Gasteiger partial charge is 0.328 e. The molecule has 0 aliphatic heterocycles. The van der Waals surface area contributed by atoms with E-state index in [1.165, 1.54) is 0 Å². The Labute approximate surface area is 197 Å². The second-order valence-corrected chi connectivity index (χ2v) is 8.06. The highest BCUT2D eigenvalue weighted by atomic mass is 16.4. The quantitative estimate of drug-likeness (QED) is 0.0573. The molecule has 34 heavy (non-hydrogen) atoms. The first kappa shape index (κ1) is 30.5. The number of carbonyl (C=O) groups is 5. The summed E-state index contributed by atoms with van der Waals surface area (Å²) < 4.78 is 0. The van der Waals surface area contributed by atoms with Gasteiger partial charge in [0.2, 0.25) is 23.6 Å². The van der Waals surface area contributed by atoms with Crippen molar-refractivity contribution in [3.8, 4) is 0 Å². The first-order valence-corrected chi connectivity index (χ1v) is 10.6. The molecule has 0 aliphatic rings. The molecule has 4 unspecified atom stereocenters. The summed E-state index contributed by atoms with van der Waals surface area (Å²) in [4.78, 5) is 63.9. The van der Waals surface area contributed by atoms with E-state index in [1.54, 1.807) is 13.8 Å². The van der Waals surface area contributed by atoms with Gasteiger partial charge in [0.05, 0.1) is 19.1 Å². The van der Waals surface area contributed by atoms with Crippen LogP contribution < -0.4 is 38.9 Å². The van der Waals surface area contributed by atoms with Crippen LogP contribution in [-0.2, 0) is 24.0 Å². The molecule has 0 heterocycles. The largest absolute Gasteiger partial charge is 0.480 e. The van der Waals surface area contributed by atoms with Gasteiger partial charge in [-0.25, -0.2) is 4.79 Å². The minimum absolute atomic E-state index is 0.0525. The minimum Gasteiger partial charge on any atom is -0.480 e. The summed E-state index contributed by atoms with van der Waals surface area (Å²) in [6, 6.07) is -5.24. The van der Waals surface area contributed by atoms with Crippen molar-refractivity contribution in [1.29, 1.82) is 0 Å². The SMILES string of the molecule is CC(C)CC(NC(=O)C(N)CCCN=C(N)N)C(=O)NC(CC(N)=O)C(=O)NC(CO)C(=O)O. The average molecular weight is 489 g/mol. The van der Waals surface area contributed by atoms with Gasteiger partial charge < -0.3 is 49.1 Å². The highest BCUT2D eigenvalue weighted by molar-refractivity contribution is 5.96. The number of amides is 4. The number of hydrogen-bond donors (Lipinski definition) is 9. The van der Waals surface area contributed by atoms with Gasteiger partial charge in [0, 0.05) is 6.54 Å². The fourth-order valence-electron chi connectivity index (χ4n) is 2.77. The lowest BCUT2D eigenvalue weighted by Crippen LogP contribution is -2.58. The number of nitrogens with zero attached hydrogens (tertiary/aromatic N) is 1. The molecule has 0 saturated heterocycles. The molecule has 4 atom stereocenters. The van der Waals surface area contributed by atoms with Gasteiger partial charge in [-0.2, -0.15) is 0 Å². The highest BCUT2D eigenvalue weighted by Crippen LogP contribution is 2.07. The summed E-state index contributed by atoms with van der Waals surface area (Å²) in [6.45, 7) is 2.96. The Kier molecular flexibility index (Phi) is 13.8. The normalized spacial score (nSPS) is 14.3. The highest BCUT2D eigenvalue weighted by Gasteiger charge is 2.31. The van der Waals surface area contributed by atoms with E-state index in [0.717, 1.165) is 0 Å². The number of carbonyl (C=O) groups excluding carboxylic acids is 4. The molecule has 0 aromatic carbocycles. The molecule has 0 spiro atoms. The second kappa shape index (κ2) is 15.4. The molecule has 0 saturated carbocycles. The summed E-state index contributed by atoms with van der Waals surface area (Å²) in [5, 5.41) is 24.9. The van der Waals surface area contributed by atoms with Crippen molar-refractivity contribution in [1.82, 2.24) is 16.0 Å². The van der Waals surface area contributed by atoms with Crippen molar-refractivity contribution in [2.24, 2.45) is 33.8 Å². The van der Waals surface area contributed by atoms with Gasteiger partial charge in [-0.1, -0.05) is 13.8 Å². The fraction of sp³-hybridized carbons (Fsp3) is 0.684. The molecule has 0 radical (unpaired) electrons. The number of aliphatic imine (C=N–C) groups is 1. The van der Waals surface area contributed by atoms with E-state index in [4.69, 9.17) is 33.1 Å². The number of hydrogen-bond acceptors (Lipinski definition) is 8. The molecule has 0 rings (SSSR count). The number of nitrogens with two attached hydrogens (primary N) is 4. The number of carboxylic acid groups (broad SMARTS) is 1. The maximum Gasteiger partial charge on any atom is 0.328 e. The molecule has 0 aliphatic carbocycles. The van der Waals surface area contributed by atoms with Gasteiger partial charge in [0.15, 0.2) is 5.96 Å². The third kappa shape index (κ3) is 12.5. The summed E-state index contributed by atoms with van der Waals surface area (Å²) in [7, 11) is 0. The molecule has 0 bridgehead atoms. The van der Waals surface area contributed by atoms with Crippen LogP contribution in [0, 0.1) is 5.92 Å². The lowest BCUT2D eigenvalue weighted by molar-refractivity contribution is -0.143. The molecule has 0 aromatic heterocycles. The molecule has 0 aromatic rings. The number of primary amides is 1. The van der Waals surface area contributed by atoms with Crippen LogP contribution in [0.1, 0.15) is 39.5 Å². The van der Waals surface area contributed by atoms with Gasteiger partial charge in [-0.15, -0.1) is 0 Å². The van der Waals surface area contributed by atoms with Gasteiger partial charge in [-0.05, 0) is 25.2 Å². The first-order chi connectivity index (χ1) is 15.8. The molecule has 15 heteroatoms. The Morgan fingerprint density at radius 1 is 0.882 bits per heavy atom. The molecular weight excluding hydrogens is 452 g/mol. The van der Waals surface area contributed by atoms with Crippen molar-refractivity contribution in [3.63, 3.8) is 0 Å². The number of aliphatic carboxylic acids is 1. The summed E-state index contributed by atoms with van der Waals surface area (Å²) in [5.41, 5.74) is 21.5. The average Bonchev–Trinajstić information content (AvgIpc) is 2.72. The van der Waals surface area contributed by atoms with Crippen LogP contribution in [0.5, 0.6) is 0 Å². The van der Waals surface area contributed by atoms with Crippen molar-refractivity contribution in [3.05, 3.63) is 0 Å². The Bertz CT molecular complexity index is 755. The van der Waals surface area contributed by atoms with Crippen molar-refractivity contribution in [2.45, 2.75) is 63.7 Å². The van der Waals surface area contributed by atoms with E-state index in [-0.39, 0.29) is 31.3 Å². The second-order valence-electron chi connectivity index (χ2n) is 8.06. The van der Waals surface area contributed by atoms with E-state index in [0.29, 0.717) is 6.42 Å². The zero-order chi connectivity index (χ0) is 26.4. The van der Waals surface area contributed by atoms with E-state index in [9.17, 15) is 24.0 Å². The van der Waals surface area contributed by atoms with E-state index < -0.39 is 66.8 Å². The molecule has 4 amide bonds. The predicted octanol–water partition coefficient (Wildman–Crippen LogP) is -4.18. The maximum atomic E-state index is 12.8. The van der Waals surface area contributed by atoms with E-state index in [1.807, 2.05) is 5.32 Å². The van der Waals surface area contributed by atoms with Crippen LogP contribution in [0.3, 0.4) is 0 Å². The molecular formula is C19H36N8O7. The number of aliphatic hydroxyl groups is 1. The Balaban J connectivity index is 5.33. The molecule has 13 N–H and O–H groups in total. The lowest BCUT2D eigenvalue weighted by Gasteiger charge is -2.25. The number of guanidine groups is 1.